The highest BCUT2D eigenvalue weighted by Crippen LogP contribution is 2.24. The van der Waals surface area contributed by atoms with Gasteiger partial charge in [-0.15, -0.1) is 0 Å². The van der Waals surface area contributed by atoms with Crippen molar-refractivity contribution >= 4 is 17.4 Å². The largest absolute Gasteiger partial charge is 0.492 e. The number of ketones is 1. The van der Waals surface area contributed by atoms with Gasteiger partial charge in [0.25, 0.3) is 0 Å². The summed E-state index contributed by atoms with van der Waals surface area (Å²) in [7, 11) is 0. The Labute approximate surface area is 107 Å². The number of hydrogen-bond donors (Lipinski definition) is 1. The predicted octanol–water partition coefficient (Wildman–Crippen LogP) is 2.55. The summed E-state index contributed by atoms with van der Waals surface area (Å²) in [6.07, 6.45) is -6.25. The van der Waals surface area contributed by atoms with E-state index in [9.17, 15) is 22.8 Å². The molecule has 0 bridgehead atoms. The van der Waals surface area contributed by atoms with E-state index in [0.29, 0.717) is 12.4 Å². The first-order chi connectivity index (χ1) is 8.84. The number of rotatable bonds is 5. The number of anilines is 1. The Morgan fingerprint density at radius 3 is 2.47 bits per heavy atom. The highest BCUT2D eigenvalue weighted by atomic mass is 19.4. The van der Waals surface area contributed by atoms with Crippen LogP contribution in [-0.2, 0) is 9.59 Å². The number of nitrogens with one attached hydrogen (secondary N) is 1. The average molecular weight is 275 g/mol. The number of carbonyl (C=O) groups excluding carboxylic acids is 2. The van der Waals surface area contributed by atoms with Gasteiger partial charge in [0.05, 0.1) is 18.7 Å². The first-order valence-electron chi connectivity index (χ1n) is 5.46. The number of alkyl halides is 3. The third-order valence-corrected chi connectivity index (χ3v) is 2.10. The Hall–Kier alpha value is -2.05. The molecule has 104 valence electrons. The molecule has 0 spiro atoms. The number of hydrogen-bond acceptors (Lipinski definition) is 3. The van der Waals surface area contributed by atoms with Crippen LogP contribution in [0.25, 0.3) is 0 Å². The fourth-order valence-corrected chi connectivity index (χ4v) is 1.29. The third-order valence-electron chi connectivity index (χ3n) is 2.10. The summed E-state index contributed by atoms with van der Waals surface area (Å²) in [5.74, 6) is -2.79. The predicted molar refractivity (Wildman–Crippen MR) is 61.9 cm³/mol. The monoisotopic (exact) mass is 275 g/mol. The van der Waals surface area contributed by atoms with E-state index in [2.05, 4.69) is 5.32 Å². The molecule has 19 heavy (non-hydrogen) atoms. The third kappa shape index (κ3) is 4.61. The standard InChI is InChI=1S/C12H12F3NO3/c1-2-19-9-6-4-3-5-8(9)16-11(18)7-10(17)12(13,14)15/h3-6H,2,7H2,1H3,(H,16,18). The van der Waals surface area contributed by atoms with Crippen molar-refractivity contribution in [3.8, 4) is 5.75 Å². The smallest absolute Gasteiger partial charge is 0.450 e. The van der Waals surface area contributed by atoms with Crippen LogP contribution in [0.2, 0.25) is 0 Å². The lowest BCUT2D eigenvalue weighted by atomic mass is 10.2. The molecule has 4 nitrogen and oxygen atoms in total. The maximum absolute atomic E-state index is 12.0. The number of ether oxygens (including phenoxy) is 1. The van der Waals surface area contributed by atoms with E-state index in [1.54, 1.807) is 25.1 Å². The first kappa shape index (κ1) is 15.0. The van der Waals surface area contributed by atoms with Crippen LogP contribution in [0.1, 0.15) is 13.3 Å². The summed E-state index contributed by atoms with van der Waals surface area (Å²) in [5, 5.41) is 2.21. The van der Waals surface area contributed by atoms with Crippen LogP contribution in [0.15, 0.2) is 24.3 Å². The van der Waals surface area contributed by atoms with Gasteiger partial charge in [-0.1, -0.05) is 12.1 Å². The van der Waals surface area contributed by atoms with Gasteiger partial charge in [-0.25, -0.2) is 0 Å². The summed E-state index contributed by atoms with van der Waals surface area (Å²) in [4.78, 5) is 22.0. The molecule has 0 aromatic heterocycles. The van der Waals surface area contributed by atoms with Crippen molar-refractivity contribution in [1.29, 1.82) is 0 Å². The molecule has 1 N–H and O–H groups in total. The van der Waals surface area contributed by atoms with Gasteiger partial charge in [-0.05, 0) is 19.1 Å². The highest BCUT2D eigenvalue weighted by Gasteiger charge is 2.39. The minimum absolute atomic E-state index is 0.226. The molecule has 7 heteroatoms. The van der Waals surface area contributed by atoms with Crippen molar-refractivity contribution in [3.63, 3.8) is 0 Å². The van der Waals surface area contributed by atoms with Crippen LogP contribution in [0.3, 0.4) is 0 Å². The molecular formula is C12H12F3NO3. The molecule has 0 heterocycles. The van der Waals surface area contributed by atoms with Crippen molar-refractivity contribution in [2.45, 2.75) is 19.5 Å². The van der Waals surface area contributed by atoms with E-state index in [0.717, 1.165) is 0 Å². The molecule has 1 amide bonds. The SMILES string of the molecule is CCOc1ccccc1NC(=O)CC(=O)C(F)(F)F. The van der Waals surface area contributed by atoms with Crippen LogP contribution >= 0.6 is 0 Å². The molecule has 0 fully saturated rings. The number of benzene rings is 1. The maximum Gasteiger partial charge on any atom is 0.450 e. The quantitative estimate of drug-likeness (QED) is 0.840. The van der Waals surface area contributed by atoms with E-state index >= 15 is 0 Å². The van der Waals surface area contributed by atoms with Gasteiger partial charge in [-0.2, -0.15) is 13.2 Å². The summed E-state index contributed by atoms with van der Waals surface area (Å²) < 4.78 is 41.2. The van der Waals surface area contributed by atoms with Crippen molar-refractivity contribution in [1.82, 2.24) is 0 Å². The number of carbonyl (C=O) groups is 2. The molecule has 1 aromatic carbocycles. The molecule has 0 unspecified atom stereocenters. The van der Waals surface area contributed by atoms with Crippen LogP contribution in [-0.4, -0.2) is 24.5 Å². The lowest BCUT2D eigenvalue weighted by Gasteiger charge is -2.11. The van der Waals surface area contributed by atoms with Crippen molar-refractivity contribution in [3.05, 3.63) is 24.3 Å². The number of Topliss-reactive ketones (excluding diaryl/α,β-unsaturated/α-hetero) is 1. The van der Waals surface area contributed by atoms with Crippen molar-refractivity contribution in [2.75, 3.05) is 11.9 Å². The zero-order valence-corrected chi connectivity index (χ0v) is 10.1. The number of halogens is 3. The summed E-state index contributed by atoms with van der Waals surface area (Å²) >= 11 is 0. The molecular weight excluding hydrogens is 263 g/mol. The fraction of sp³-hybridized carbons (Fsp3) is 0.333. The zero-order chi connectivity index (χ0) is 14.5. The average Bonchev–Trinajstić information content (AvgIpc) is 2.30. The normalized spacial score (nSPS) is 10.9. The van der Waals surface area contributed by atoms with E-state index < -0.39 is 24.3 Å². The minimum Gasteiger partial charge on any atom is -0.492 e. The zero-order valence-electron chi connectivity index (χ0n) is 10.1. The van der Waals surface area contributed by atoms with Crippen LogP contribution in [0, 0.1) is 0 Å². The van der Waals surface area contributed by atoms with Crippen molar-refractivity contribution < 1.29 is 27.5 Å². The minimum atomic E-state index is -5.00. The van der Waals surface area contributed by atoms with Gasteiger partial charge in [0.15, 0.2) is 0 Å². The van der Waals surface area contributed by atoms with E-state index in [-0.39, 0.29) is 5.69 Å². The van der Waals surface area contributed by atoms with Gasteiger partial charge in [0.1, 0.15) is 5.75 Å². The first-order valence-corrected chi connectivity index (χ1v) is 5.46. The molecule has 0 aliphatic rings. The molecule has 0 saturated carbocycles. The number of para-hydroxylation sites is 2. The maximum atomic E-state index is 12.0. The lowest BCUT2D eigenvalue weighted by molar-refractivity contribution is -0.171. The van der Waals surface area contributed by atoms with Crippen LogP contribution in [0.5, 0.6) is 5.75 Å². The second kappa shape index (κ2) is 6.21. The van der Waals surface area contributed by atoms with Gasteiger partial charge in [-0.3, -0.25) is 9.59 Å². The summed E-state index contributed by atoms with van der Waals surface area (Å²) in [6, 6.07) is 6.27. The molecule has 0 radical (unpaired) electrons. The van der Waals surface area contributed by atoms with E-state index in [4.69, 9.17) is 4.74 Å². The Balaban J connectivity index is 2.70. The molecule has 1 rings (SSSR count). The lowest BCUT2D eigenvalue weighted by Crippen LogP contribution is -2.28. The second-order valence-electron chi connectivity index (χ2n) is 3.58. The van der Waals surface area contributed by atoms with Gasteiger partial charge >= 0.3 is 6.18 Å². The molecule has 0 atom stereocenters. The second-order valence-corrected chi connectivity index (χ2v) is 3.58. The Morgan fingerprint density at radius 1 is 1.26 bits per heavy atom. The van der Waals surface area contributed by atoms with Crippen LogP contribution in [0.4, 0.5) is 18.9 Å². The Morgan fingerprint density at radius 2 is 1.89 bits per heavy atom. The molecule has 0 aliphatic heterocycles. The van der Waals surface area contributed by atoms with E-state index in [1.165, 1.54) is 6.07 Å². The van der Waals surface area contributed by atoms with Crippen molar-refractivity contribution in [2.24, 2.45) is 0 Å². The fourth-order valence-electron chi connectivity index (χ4n) is 1.29. The van der Waals surface area contributed by atoms with E-state index in [1.807, 2.05) is 0 Å². The molecule has 1 aromatic rings. The van der Waals surface area contributed by atoms with Crippen LogP contribution < -0.4 is 10.1 Å². The van der Waals surface area contributed by atoms with Gasteiger partial charge < -0.3 is 10.1 Å². The van der Waals surface area contributed by atoms with Gasteiger partial charge in [0.2, 0.25) is 11.7 Å². The molecule has 0 aliphatic carbocycles. The molecule has 0 saturated heterocycles. The Bertz CT molecular complexity index is 472. The topological polar surface area (TPSA) is 55.4 Å². The number of amides is 1. The summed E-state index contributed by atoms with van der Waals surface area (Å²) in [6.45, 7) is 2.07. The Kier molecular flexibility index (Phi) is 4.91. The highest BCUT2D eigenvalue weighted by molar-refractivity contribution is 6.06. The summed E-state index contributed by atoms with van der Waals surface area (Å²) in [5.41, 5.74) is 0.226. The van der Waals surface area contributed by atoms with Gasteiger partial charge in [0, 0.05) is 0 Å².